The zero-order valence-corrected chi connectivity index (χ0v) is 16.4. The van der Waals surface area contributed by atoms with Crippen molar-refractivity contribution in [1.82, 2.24) is 4.90 Å². The van der Waals surface area contributed by atoms with E-state index in [1.54, 1.807) is 12.1 Å². The molecule has 0 radical (unpaired) electrons. The predicted molar refractivity (Wildman–Crippen MR) is 108 cm³/mol. The highest BCUT2D eigenvalue weighted by molar-refractivity contribution is 5.76. The largest absolute Gasteiger partial charge is 0.508 e. The van der Waals surface area contributed by atoms with Gasteiger partial charge in [-0.1, -0.05) is 63.5 Å². The average Bonchev–Trinajstić information content (AvgIpc) is 3.19. The molecule has 1 amide bonds. The summed E-state index contributed by atoms with van der Waals surface area (Å²) in [6, 6.07) is 7.59. The second-order valence-corrected chi connectivity index (χ2v) is 7.79. The number of aryl methyl sites for hydroxylation is 1. The highest BCUT2D eigenvalue weighted by Crippen LogP contribution is 2.15. The van der Waals surface area contributed by atoms with Crippen molar-refractivity contribution in [3.63, 3.8) is 0 Å². The maximum Gasteiger partial charge on any atom is 0.222 e. The molecule has 3 heteroatoms. The standard InChI is InChI=1S/C23H37NO2/c25-22-17-15-21(16-18-22)13-9-7-5-3-1-2-4-6-8-10-14-23(26)24-19-11-12-20-24/h15-18,25H,1-14,19-20H2. The number of aromatic hydroxyl groups is 1. The van der Waals surface area contributed by atoms with Gasteiger partial charge in [0.05, 0.1) is 0 Å². The average molecular weight is 360 g/mol. The van der Waals surface area contributed by atoms with E-state index < -0.39 is 0 Å². The first kappa shape index (κ1) is 20.8. The molecular weight excluding hydrogens is 322 g/mol. The third-order valence-corrected chi connectivity index (χ3v) is 5.50. The van der Waals surface area contributed by atoms with Crippen LogP contribution in [0.15, 0.2) is 24.3 Å². The summed E-state index contributed by atoms with van der Waals surface area (Å²) in [5, 5.41) is 9.27. The van der Waals surface area contributed by atoms with E-state index >= 15 is 0 Å². The van der Waals surface area contributed by atoms with Crippen LogP contribution in [0.25, 0.3) is 0 Å². The van der Waals surface area contributed by atoms with Crippen molar-refractivity contribution < 1.29 is 9.90 Å². The first-order chi connectivity index (χ1) is 12.8. The molecule has 1 aliphatic rings. The second-order valence-electron chi connectivity index (χ2n) is 7.79. The van der Waals surface area contributed by atoms with E-state index in [2.05, 4.69) is 0 Å². The fraction of sp³-hybridized carbons (Fsp3) is 0.696. The maximum absolute atomic E-state index is 11.9. The molecule has 0 atom stereocenters. The molecule has 2 rings (SSSR count). The van der Waals surface area contributed by atoms with E-state index in [0.717, 1.165) is 32.4 Å². The molecule has 0 saturated carbocycles. The van der Waals surface area contributed by atoms with E-state index in [4.69, 9.17) is 0 Å². The Hall–Kier alpha value is -1.51. The van der Waals surface area contributed by atoms with Crippen LogP contribution in [0.3, 0.4) is 0 Å². The SMILES string of the molecule is O=C(CCCCCCCCCCCCc1ccc(O)cc1)N1CCCC1. The molecule has 0 spiro atoms. The van der Waals surface area contributed by atoms with E-state index in [1.807, 2.05) is 17.0 Å². The summed E-state index contributed by atoms with van der Waals surface area (Å²) >= 11 is 0. The Morgan fingerprint density at radius 3 is 1.85 bits per heavy atom. The van der Waals surface area contributed by atoms with Crippen LogP contribution in [0.5, 0.6) is 5.75 Å². The molecule has 1 aromatic carbocycles. The minimum absolute atomic E-state index is 0.354. The molecule has 1 aliphatic heterocycles. The number of amides is 1. The van der Waals surface area contributed by atoms with Gasteiger partial charge in [-0.25, -0.2) is 0 Å². The summed E-state index contributed by atoms with van der Waals surface area (Å²) in [4.78, 5) is 14.0. The first-order valence-corrected chi connectivity index (χ1v) is 10.8. The van der Waals surface area contributed by atoms with Gasteiger partial charge in [-0.15, -0.1) is 0 Å². The molecule has 1 fully saturated rings. The third-order valence-electron chi connectivity index (χ3n) is 5.50. The number of carbonyl (C=O) groups excluding carboxylic acids is 1. The number of benzene rings is 1. The Kier molecular flexibility index (Phi) is 10.2. The lowest BCUT2D eigenvalue weighted by Crippen LogP contribution is -2.27. The smallest absolute Gasteiger partial charge is 0.222 e. The molecular formula is C23H37NO2. The molecule has 1 aromatic rings. The molecule has 1 N–H and O–H groups in total. The van der Waals surface area contributed by atoms with Crippen LogP contribution in [0.2, 0.25) is 0 Å². The summed E-state index contributed by atoms with van der Waals surface area (Å²) < 4.78 is 0. The van der Waals surface area contributed by atoms with Crippen LogP contribution in [-0.2, 0) is 11.2 Å². The van der Waals surface area contributed by atoms with Crippen molar-refractivity contribution in [2.75, 3.05) is 13.1 Å². The molecule has 0 unspecified atom stereocenters. The third kappa shape index (κ3) is 8.73. The van der Waals surface area contributed by atoms with Crippen LogP contribution < -0.4 is 0 Å². The number of phenols is 1. The molecule has 3 nitrogen and oxygen atoms in total. The number of phenolic OH excluding ortho intramolecular Hbond substituents is 1. The molecule has 146 valence electrons. The van der Waals surface area contributed by atoms with Crippen LogP contribution in [0.1, 0.15) is 89.0 Å². The predicted octanol–water partition coefficient (Wildman–Crippen LogP) is 5.85. The Balaban J connectivity index is 1.32. The Morgan fingerprint density at radius 1 is 0.769 bits per heavy atom. The second kappa shape index (κ2) is 12.8. The summed E-state index contributed by atoms with van der Waals surface area (Å²) in [5.74, 6) is 0.738. The van der Waals surface area contributed by atoms with Crippen molar-refractivity contribution in [2.45, 2.75) is 89.9 Å². The summed E-state index contributed by atoms with van der Waals surface area (Å²) in [7, 11) is 0. The number of hydrogen-bond donors (Lipinski definition) is 1. The van der Waals surface area contributed by atoms with Crippen molar-refractivity contribution in [1.29, 1.82) is 0 Å². The minimum atomic E-state index is 0.354. The van der Waals surface area contributed by atoms with Crippen molar-refractivity contribution >= 4 is 5.91 Å². The van der Waals surface area contributed by atoms with Gasteiger partial charge in [-0.2, -0.15) is 0 Å². The molecule has 1 heterocycles. The lowest BCUT2D eigenvalue weighted by Gasteiger charge is -2.14. The first-order valence-electron chi connectivity index (χ1n) is 10.8. The topological polar surface area (TPSA) is 40.5 Å². The van der Waals surface area contributed by atoms with Gasteiger partial charge < -0.3 is 10.0 Å². The van der Waals surface area contributed by atoms with Crippen LogP contribution in [-0.4, -0.2) is 29.0 Å². The monoisotopic (exact) mass is 359 g/mol. The van der Waals surface area contributed by atoms with E-state index in [1.165, 1.54) is 76.2 Å². The maximum atomic E-state index is 11.9. The van der Waals surface area contributed by atoms with Crippen LogP contribution >= 0.6 is 0 Å². The lowest BCUT2D eigenvalue weighted by molar-refractivity contribution is -0.130. The Labute approximate surface area is 159 Å². The molecule has 26 heavy (non-hydrogen) atoms. The summed E-state index contributed by atoms with van der Waals surface area (Å²) in [6.45, 7) is 1.99. The molecule has 1 saturated heterocycles. The summed E-state index contributed by atoms with van der Waals surface area (Å²) in [5.41, 5.74) is 1.33. The number of likely N-dealkylation sites (tertiary alicyclic amines) is 1. The lowest BCUT2D eigenvalue weighted by atomic mass is 10.0. The van der Waals surface area contributed by atoms with Crippen molar-refractivity contribution in [3.05, 3.63) is 29.8 Å². The Morgan fingerprint density at radius 2 is 1.27 bits per heavy atom. The number of unbranched alkanes of at least 4 members (excludes halogenated alkanes) is 9. The molecule has 0 bridgehead atoms. The van der Waals surface area contributed by atoms with E-state index in [9.17, 15) is 9.90 Å². The van der Waals surface area contributed by atoms with Gasteiger partial charge in [0.1, 0.15) is 5.75 Å². The van der Waals surface area contributed by atoms with Gasteiger partial charge in [0.25, 0.3) is 0 Å². The zero-order valence-electron chi connectivity index (χ0n) is 16.4. The van der Waals surface area contributed by atoms with Gasteiger partial charge >= 0.3 is 0 Å². The zero-order chi connectivity index (χ0) is 18.5. The molecule has 0 aliphatic carbocycles. The van der Waals surface area contributed by atoms with Gasteiger partial charge in [0.15, 0.2) is 0 Å². The normalized spacial score (nSPS) is 14.1. The molecule has 0 aromatic heterocycles. The van der Waals surface area contributed by atoms with Crippen molar-refractivity contribution in [3.8, 4) is 5.75 Å². The van der Waals surface area contributed by atoms with E-state index in [0.29, 0.717) is 11.7 Å². The van der Waals surface area contributed by atoms with Gasteiger partial charge in [-0.3, -0.25) is 4.79 Å². The Bertz CT molecular complexity index is 491. The quantitative estimate of drug-likeness (QED) is 0.449. The fourth-order valence-corrected chi connectivity index (χ4v) is 3.81. The van der Waals surface area contributed by atoms with Gasteiger partial charge in [-0.05, 0) is 49.8 Å². The highest BCUT2D eigenvalue weighted by atomic mass is 16.3. The highest BCUT2D eigenvalue weighted by Gasteiger charge is 2.16. The van der Waals surface area contributed by atoms with Crippen LogP contribution in [0, 0.1) is 0 Å². The van der Waals surface area contributed by atoms with E-state index in [-0.39, 0.29) is 0 Å². The van der Waals surface area contributed by atoms with Crippen molar-refractivity contribution in [2.24, 2.45) is 0 Å². The number of rotatable bonds is 13. The number of nitrogens with zero attached hydrogens (tertiary/aromatic N) is 1. The van der Waals surface area contributed by atoms with Gasteiger partial charge in [0, 0.05) is 19.5 Å². The fourth-order valence-electron chi connectivity index (χ4n) is 3.81. The number of hydrogen-bond acceptors (Lipinski definition) is 2. The number of carbonyl (C=O) groups is 1. The minimum Gasteiger partial charge on any atom is -0.508 e. The summed E-state index contributed by atoms with van der Waals surface area (Å²) in [6.07, 6.45) is 17.1. The van der Waals surface area contributed by atoms with Gasteiger partial charge in [0.2, 0.25) is 5.91 Å². The van der Waals surface area contributed by atoms with Crippen LogP contribution in [0.4, 0.5) is 0 Å².